The van der Waals surface area contributed by atoms with Crippen molar-refractivity contribution >= 4 is 58.4 Å². The Labute approximate surface area is 202 Å². The molecule has 172 valence electrons. The summed E-state index contributed by atoms with van der Waals surface area (Å²) in [6, 6.07) is 14.6. The number of aromatic nitrogens is 3. The van der Waals surface area contributed by atoms with Gasteiger partial charge in [-0.15, -0.1) is 0 Å². The molecule has 1 atom stereocenters. The Morgan fingerprint density at radius 2 is 1.64 bits per heavy atom. The first kappa shape index (κ1) is 23.1. The number of carbonyl (C=O) groups excluding carboxylic acids is 1. The predicted octanol–water partition coefficient (Wildman–Crippen LogP) is 5.45. The van der Waals surface area contributed by atoms with Gasteiger partial charge < -0.3 is 20.3 Å². The van der Waals surface area contributed by atoms with E-state index in [2.05, 4.69) is 25.6 Å². The van der Waals surface area contributed by atoms with E-state index in [0.29, 0.717) is 41.0 Å². The van der Waals surface area contributed by atoms with Crippen LogP contribution in [0.25, 0.3) is 0 Å². The minimum absolute atomic E-state index is 0.189. The molecule has 8 nitrogen and oxygen atoms in total. The number of hydrogen-bond donors (Lipinski definition) is 2. The number of nitrogens with zero attached hydrogens (tertiary/aromatic N) is 4. The van der Waals surface area contributed by atoms with E-state index in [1.165, 1.54) is 0 Å². The van der Waals surface area contributed by atoms with Crippen molar-refractivity contribution in [2.45, 2.75) is 19.8 Å². The second-order valence-corrected chi connectivity index (χ2v) is 8.46. The lowest BCUT2D eigenvalue weighted by Gasteiger charge is -2.31. The maximum atomic E-state index is 12.3. The van der Waals surface area contributed by atoms with E-state index < -0.39 is 0 Å². The van der Waals surface area contributed by atoms with Crippen molar-refractivity contribution < 1.29 is 9.53 Å². The van der Waals surface area contributed by atoms with Crippen molar-refractivity contribution in [2.75, 3.05) is 35.2 Å². The zero-order valence-corrected chi connectivity index (χ0v) is 19.6. The van der Waals surface area contributed by atoms with Crippen molar-refractivity contribution in [3.8, 4) is 0 Å². The molecule has 0 spiro atoms. The quantitative estimate of drug-likeness (QED) is 0.426. The van der Waals surface area contributed by atoms with Gasteiger partial charge in [0.1, 0.15) is 0 Å². The Morgan fingerprint density at radius 1 is 1.03 bits per heavy atom. The molecule has 1 aliphatic heterocycles. The summed E-state index contributed by atoms with van der Waals surface area (Å²) >= 11 is 12.2. The van der Waals surface area contributed by atoms with Gasteiger partial charge in [0.2, 0.25) is 17.8 Å². The number of piperidine rings is 1. The number of carbonyl (C=O) groups is 1. The highest BCUT2D eigenvalue weighted by molar-refractivity contribution is 6.31. The summed E-state index contributed by atoms with van der Waals surface area (Å²) in [5.41, 5.74) is 1.49. The predicted molar refractivity (Wildman–Crippen MR) is 131 cm³/mol. The molecule has 0 unspecified atom stereocenters. The van der Waals surface area contributed by atoms with Crippen molar-refractivity contribution in [2.24, 2.45) is 5.92 Å². The molecule has 0 bridgehead atoms. The van der Waals surface area contributed by atoms with Crippen LogP contribution in [0, 0.1) is 5.92 Å². The largest absolute Gasteiger partial charge is 0.466 e. The maximum absolute atomic E-state index is 12.3. The SMILES string of the molecule is CCOC(=O)[C@H]1CCCN(c2nc(Nc3cccc(Cl)c3)nc(Nc3cccc(Cl)c3)n2)C1. The van der Waals surface area contributed by atoms with Gasteiger partial charge in [-0.25, -0.2) is 0 Å². The number of esters is 1. The van der Waals surface area contributed by atoms with Crippen LogP contribution in [0.4, 0.5) is 29.2 Å². The summed E-state index contributed by atoms with van der Waals surface area (Å²) in [4.78, 5) is 28.0. The summed E-state index contributed by atoms with van der Waals surface area (Å²) in [6.07, 6.45) is 1.62. The zero-order chi connectivity index (χ0) is 23.2. The fourth-order valence-corrected chi connectivity index (χ4v) is 4.00. The molecule has 1 aromatic heterocycles. The number of benzene rings is 2. The van der Waals surface area contributed by atoms with Crippen LogP contribution in [-0.2, 0) is 9.53 Å². The van der Waals surface area contributed by atoms with Crippen molar-refractivity contribution in [3.05, 3.63) is 58.6 Å². The number of halogens is 2. The van der Waals surface area contributed by atoms with Crippen LogP contribution in [-0.4, -0.2) is 40.6 Å². The van der Waals surface area contributed by atoms with Crippen LogP contribution in [0.5, 0.6) is 0 Å². The summed E-state index contributed by atoms with van der Waals surface area (Å²) < 4.78 is 5.22. The van der Waals surface area contributed by atoms with Gasteiger partial charge in [-0.05, 0) is 56.2 Å². The van der Waals surface area contributed by atoms with Crippen LogP contribution in [0.1, 0.15) is 19.8 Å². The number of ether oxygens (including phenoxy) is 1. The fourth-order valence-electron chi connectivity index (χ4n) is 3.62. The molecule has 0 aliphatic carbocycles. The highest BCUT2D eigenvalue weighted by Crippen LogP contribution is 2.26. The Balaban J connectivity index is 1.63. The Bertz CT molecular complexity index is 1060. The minimum atomic E-state index is -0.218. The van der Waals surface area contributed by atoms with Crippen LogP contribution in [0.3, 0.4) is 0 Å². The molecular formula is C23H24Cl2N6O2. The summed E-state index contributed by atoms with van der Waals surface area (Å²) in [7, 11) is 0. The molecule has 1 saturated heterocycles. The lowest BCUT2D eigenvalue weighted by Crippen LogP contribution is -2.40. The Kier molecular flexibility index (Phi) is 7.47. The van der Waals surface area contributed by atoms with Crippen molar-refractivity contribution in [1.82, 2.24) is 15.0 Å². The summed E-state index contributed by atoms with van der Waals surface area (Å²) in [5.74, 6) is 0.762. The lowest BCUT2D eigenvalue weighted by atomic mass is 9.98. The molecule has 10 heteroatoms. The van der Waals surface area contributed by atoms with Gasteiger partial charge in [-0.2, -0.15) is 15.0 Å². The van der Waals surface area contributed by atoms with Gasteiger partial charge in [0.25, 0.3) is 0 Å². The molecule has 0 radical (unpaired) electrons. The van der Waals surface area contributed by atoms with Crippen LogP contribution >= 0.6 is 23.2 Å². The zero-order valence-electron chi connectivity index (χ0n) is 18.1. The van der Waals surface area contributed by atoms with E-state index in [1.807, 2.05) is 36.1 Å². The highest BCUT2D eigenvalue weighted by Gasteiger charge is 2.28. The van der Waals surface area contributed by atoms with Gasteiger partial charge in [0.05, 0.1) is 12.5 Å². The fraction of sp³-hybridized carbons (Fsp3) is 0.304. The van der Waals surface area contributed by atoms with Crippen LogP contribution in [0.15, 0.2) is 48.5 Å². The second kappa shape index (κ2) is 10.7. The van der Waals surface area contributed by atoms with Gasteiger partial charge in [-0.3, -0.25) is 4.79 Å². The molecule has 2 heterocycles. The van der Waals surface area contributed by atoms with Gasteiger partial charge >= 0.3 is 5.97 Å². The molecule has 0 saturated carbocycles. The normalized spacial score (nSPS) is 15.7. The average molecular weight is 487 g/mol. The number of hydrogen-bond acceptors (Lipinski definition) is 8. The third-order valence-corrected chi connectivity index (χ3v) is 5.58. The molecule has 33 heavy (non-hydrogen) atoms. The average Bonchev–Trinajstić information content (AvgIpc) is 2.79. The Morgan fingerprint density at radius 3 is 2.18 bits per heavy atom. The van der Waals surface area contributed by atoms with Gasteiger partial charge in [0, 0.05) is 34.5 Å². The first-order chi connectivity index (χ1) is 16.0. The lowest BCUT2D eigenvalue weighted by molar-refractivity contribution is -0.148. The van der Waals surface area contributed by atoms with E-state index in [9.17, 15) is 4.79 Å². The van der Waals surface area contributed by atoms with E-state index in [-0.39, 0.29) is 11.9 Å². The van der Waals surface area contributed by atoms with E-state index in [4.69, 9.17) is 27.9 Å². The molecule has 4 rings (SSSR count). The third-order valence-electron chi connectivity index (χ3n) is 5.11. The smallest absolute Gasteiger partial charge is 0.310 e. The first-order valence-corrected chi connectivity index (χ1v) is 11.5. The molecule has 3 aromatic rings. The standard InChI is InChI=1S/C23H24Cl2N6O2/c1-2-33-20(32)15-6-5-11-31(14-15)23-29-21(26-18-9-3-7-16(24)12-18)28-22(30-23)27-19-10-4-8-17(25)13-19/h3-4,7-10,12-13,15H,2,5-6,11,14H2,1H3,(H2,26,27,28,29,30)/t15-/m0/s1. The van der Waals surface area contributed by atoms with E-state index in [0.717, 1.165) is 30.8 Å². The van der Waals surface area contributed by atoms with E-state index >= 15 is 0 Å². The van der Waals surface area contributed by atoms with Gasteiger partial charge in [0.15, 0.2) is 0 Å². The van der Waals surface area contributed by atoms with Crippen LogP contribution in [0.2, 0.25) is 10.0 Å². The van der Waals surface area contributed by atoms with Crippen LogP contribution < -0.4 is 15.5 Å². The topological polar surface area (TPSA) is 92.3 Å². The monoisotopic (exact) mass is 486 g/mol. The molecule has 1 fully saturated rings. The Hall–Kier alpha value is -3.10. The number of rotatable bonds is 7. The number of anilines is 5. The first-order valence-electron chi connectivity index (χ1n) is 10.7. The van der Waals surface area contributed by atoms with E-state index in [1.54, 1.807) is 24.3 Å². The molecule has 2 aromatic carbocycles. The molecule has 0 amide bonds. The van der Waals surface area contributed by atoms with Gasteiger partial charge in [-0.1, -0.05) is 35.3 Å². The van der Waals surface area contributed by atoms with Crippen molar-refractivity contribution in [3.63, 3.8) is 0 Å². The third kappa shape index (κ3) is 6.24. The summed E-state index contributed by atoms with van der Waals surface area (Å²) in [6.45, 7) is 3.39. The molecule has 2 N–H and O–H groups in total. The minimum Gasteiger partial charge on any atom is -0.466 e. The summed E-state index contributed by atoms with van der Waals surface area (Å²) in [5, 5.41) is 7.56. The molecule has 1 aliphatic rings. The van der Waals surface area contributed by atoms with Crippen molar-refractivity contribution in [1.29, 1.82) is 0 Å². The highest BCUT2D eigenvalue weighted by atomic mass is 35.5. The second-order valence-electron chi connectivity index (χ2n) is 7.59. The maximum Gasteiger partial charge on any atom is 0.310 e. The number of nitrogens with one attached hydrogen (secondary N) is 2. The molecular weight excluding hydrogens is 463 g/mol.